The maximum Gasteiger partial charge on any atom is 0.243 e. The lowest BCUT2D eigenvalue weighted by molar-refractivity contribution is -0.120. The number of carbonyl (C=O) groups excluding carboxylic acids is 2. The van der Waals surface area contributed by atoms with Gasteiger partial charge in [0.05, 0.1) is 11.4 Å². The van der Waals surface area contributed by atoms with E-state index in [-0.39, 0.29) is 29.3 Å². The zero-order valence-electron chi connectivity index (χ0n) is 18.0. The fraction of sp³-hybridized carbons (Fsp3) is 0.391. The maximum atomic E-state index is 13.1. The van der Waals surface area contributed by atoms with Gasteiger partial charge in [-0.3, -0.25) is 9.59 Å². The molecule has 164 valence electrons. The van der Waals surface area contributed by atoms with Crippen molar-refractivity contribution in [3.8, 4) is 0 Å². The Labute approximate surface area is 183 Å². The summed E-state index contributed by atoms with van der Waals surface area (Å²) in [6.45, 7) is 3.60. The highest BCUT2D eigenvalue weighted by molar-refractivity contribution is 7.89. The molecule has 0 unspecified atom stereocenters. The van der Waals surface area contributed by atoms with Gasteiger partial charge in [-0.1, -0.05) is 12.1 Å². The van der Waals surface area contributed by atoms with Crippen LogP contribution >= 0.6 is 0 Å². The minimum atomic E-state index is -3.85. The number of aryl methyl sites for hydroxylation is 1. The second-order valence-electron chi connectivity index (χ2n) is 8.50. The van der Waals surface area contributed by atoms with Gasteiger partial charge in [0, 0.05) is 30.4 Å². The number of nitrogens with zero attached hydrogens (tertiary/aromatic N) is 2. The lowest BCUT2D eigenvalue weighted by Gasteiger charge is -2.23. The number of likely N-dealkylation sites (N-methyl/N-ethyl adjacent to an activating group) is 1. The molecular weight excluding hydrogens is 414 g/mol. The standard InChI is InChI=1S/C23H27N3O4S/c1-15-5-4-6-19(11-15)24-22(27)14-25(3)31(29,30)20-9-10-21-18(13-20)12-16(2)26(21)23(28)17-7-8-17/h4-6,9-11,13,16-17H,7-8,12,14H2,1-3H3,(H,24,27)/t16-/m0/s1. The Morgan fingerprint density at radius 1 is 1.16 bits per heavy atom. The Morgan fingerprint density at radius 2 is 1.90 bits per heavy atom. The van der Waals surface area contributed by atoms with Gasteiger partial charge in [0.15, 0.2) is 0 Å². The predicted molar refractivity (Wildman–Crippen MR) is 119 cm³/mol. The number of rotatable bonds is 6. The summed E-state index contributed by atoms with van der Waals surface area (Å²) in [7, 11) is -2.45. The van der Waals surface area contributed by atoms with Crippen molar-refractivity contribution < 1.29 is 18.0 Å². The highest BCUT2D eigenvalue weighted by Crippen LogP contribution is 2.39. The summed E-state index contributed by atoms with van der Waals surface area (Å²) in [5.41, 5.74) is 3.27. The number of amides is 2. The minimum absolute atomic E-state index is 0.0129. The van der Waals surface area contributed by atoms with Crippen molar-refractivity contribution in [2.75, 3.05) is 23.8 Å². The second kappa shape index (κ2) is 8.09. The average Bonchev–Trinajstić information content (AvgIpc) is 3.49. The third-order valence-corrected chi connectivity index (χ3v) is 7.61. The van der Waals surface area contributed by atoms with Crippen LogP contribution in [0, 0.1) is 12.8 Å². The summed E-state index contributed by atoms with van der Waals surface area (Å²) in [5.74, 6) is -0.172. The van der Waals surface area contributed by atoms with Crippen molar-refractivity contribution in [1.29, 1.82) is 0 Å². The molecule has 1 aliphatic heterocycles. The van der Waals surface area contributed by atoms with E-state index in [2.05, 4.69) is 5.32 Å². The number of benzene rings is 2. The van der Waals surface area contributed by atoms with Crippen LogP contribution in [-0.2, 0) is 26.0 Å². The summed E-state index contributed by atoms with van der Waals surface area (Å²) >= 11 is 0. The third kappa shape index (κ3) is 4.36. The molecular formula is C23H27N3O4S. The quantitative estimate of drug-likeness (QED) is 0.747. The summed E-state index contributed by atoms with van der Waals surface area (Å²) in [5, 5.41) is 2.73. The van der Waals surface area contributed by atoms with E-state index in [0.717, 1.165) is 34.0 Å². The van der Waals surface area contributed by atoms with Crippen LogP contribution in [0.5, 0.6) is 0 Å². The normalized spacial score (nSPS) is 18.2. The van der Waals surface area contributed by atoms with Crippen LogP contribution in [0.1, 0.15) is 30.9 Å². The molecule has 31 heavy (non-hydrogen) atoms. The molecule has 2 amide bonds. The van der Waals surface area contributed by atoms with E-state index in [9.17, 15) is 18.0 Å². The highest BCUT2D eigenvalue weighted by Gasteiger charge is 2.40. The van der Waals surface area contributed by atoms with Crippen LogP contribution in [-0.4, -0.2) is 44.2 Å². The minimum Gasteiger partial charge on any atom is -0.325 e. The molecule has 0 spiro atoms. The van der Waals surface area contributed by atoms with E-state index in [0.29, 0.717) is 12.1 Å². The van der Waals surface area contributed by atoms with E-state index >= 15 is 0 Å². The molecule has 0 radical (unpaired) electrons. The molecule has 1 atom stereocenters. The monoisotopic (exact) mass is 441 g/mol. The Bertz CT molecular complexity index is 1140. The van der Waals surface area contributed by atoms with Gasteiger partial charge in [-0.05, 0) is 74.6 Å². The van der Waals surface area contributed by atoms with E-state index < -0.39 is 15.9 Å². The van der Waals surface area contributed by atoms with Crippen molar-refractivity contribution in [3.05, 3.63) is 53.6 Å². The van der Waals surface area contributed by atoms with Crippen molar-refractivity contribution >= 4 is 33.2 Å². The van der Waals surface area contributed by atoms with Crippen LogP contribution in [0.3, 0.4) is 0 Å². The molecule has 7 nitrogen and oxygen atoms in total. The van der Waals surface area contributed by atoms with Crippen LogP contribution in [0.4, 0.5) is 11.4 Å². The molecule has 2 aromatic carbocycles. The van der Waals surface area contributed by atoms with Gasteiger partial charge in [0.1, 0.15) is 0 Å². The largest absolute Gasteiger partial charge is 0.325 e. The summed E-state index contributed by atoms with van der Waals surface area (Å²) in [4.78, 5) is 26.9. The Balaban J connectivity index is 1.49. The fourth-order valence-electron chi connectivity index (χ4n) is 4.02. The highest BCUT2D eigenvalue weighted by atomic mass is 32.2. The Hall–Kier alpha value is -2.71. The molecule has 0 bridgehead atoms. The fourth-order valence-corrected chi connectivity index (χ4v) is 5.20. The van der Waals surface area contributed by atoms with Crippen LogP contribution < -0.4 is 10.2 Å². The zero-order chi connectivity index (χ0) is 22.3. The van der Waals surface area contributed by atoms with Gasteiger partial charge < -0.3 is 10.2 Å². The number of fused-ring (bicyclic) bond motifs is 1. The van der Waals surface area contributed by atoms with Gasteiger partial charge in [0.25, 0.3) is 0 Å². The van der Waals surface area contributed by atoms with Crippen molar-refractivity contribution in [2.24, 2.45) is 5.92 Å². The SMILES string of the molecule is Cc1cccc(NC(=O)CN(C)S(=O)(=O)c2ccc3c(c2)C[C@H](C)N3C(=O)C2CC2)c1. The number of anilines is 2. The number of carbonyl (C=O) groups is 2. The summed E-state index contributed by atoms with van der Waals surface area (Å²) in [6.07, 6.45) is 2.48. The number of hydrogen-bond acceptors (Lipinski definition) is 4. The van der Waals surface area contributed by atoms with Crippen LogP contribution in [0.2, 0.25) is 0 Å². The first kappa shape index (κ1) is 21.5. The summed E-state index contributed by atoms with van der Waals surface area (Å²) in [6, 6.07) is 12.2. The van der Waals surface area contributed by atoms with Crippen molar-refractivity contribution in [1.82, 2.24) is 4.31 Å². The second-order valence-corrected chi connectivity index (χ2v) is 10.5. The first-order chi connectivity index (χ1) is 14.7. The Morgan fingerprint density at radius 3 is 2.58 bits per heavy atom. The number of nitrogens with one attached hydrogen (secondary N) is 1. The van der Waals surface area contributed by atoms with Crippen LogP contribution in [0.15, 0.2) is 47.4 Å². The molecule has 8 heteroatoms. The zero-order valence-corrected chi connectivity index (χ0v) is 18.8. The van der Waals surface area contributed by atoms with E-state index in [4.69, 9.17) is 0 Å². The summed E-state index contributed by atoms with van der Waals surface area (Å²) < 4.78 is 27.2. The molecule has 0 saturated heterocycles. The first-order valence-electron chi connectivity index (χ1n) is 10.5. The van der Waals surface area contributed by atoms with Crippen molar-refractivity contribution in [3.63, 3.8) is 0 Å². The molecule has 1 heterocycles. The lowest BCUT2D eigenvalue weighted by Crippen LogP contribution is -2.36. The van der Waals surface area contributed by atoms with Gasteiger partial charge >= 0.3 is 0 Å². The van der Waals surface area contributed by atoms with E-state index in [1.807, 2.05) is 36.9 Å². The number of sulfonamides is 1. The third-order valence-electron chi connectivity index (χ3n) is 5.81. The van der Waals surface area contributed by atoms with Gasteiger partial charge in [-0.15, -0.1) is 0 Å². The Kier molecular flexibility index (Phi) is 5.61. The molecule has 4 rings (SSSR count). The van der Waals surface area contributed by atoms with Crippen LogP contribution in [0.25, 0.3) is 0 Å². The van der Waals surface area contributed by atoms with E-state index in [1.165, 1.54) is 13.1 Å². The predicted octanol–water partition coefficient (Wildman–Crippen LogP) is 2.94. The van der Waals surface area contributed by atoms with Gasteiger partial charge in [-0.2, -0.15) is 4.31 Å². The molecule has 2 aromatic rings. The first-order valence-corrected chi connectivity index (χ1v) is 11.9. The molecule has 2 aliphatic rings. The molecule has 1 fully saturated rings. The average molecular weight is 442 g/mol. The molecule has 1 N–H and O–H groups in total. The topological polar surface area (TPSA) is 86.8 Å². The van der Waals surface area contributed by atoms with Gasteiger partial charge in [-0.25, -0.2) is 8.42 Å². The van der Waals surface area contributed by atoms with Crippen molar-refractivity contribution in [2.45, 2.75) is 44.0 Å². The lowest BCUT2D eigenvalue weighted by atomic mass is 10.1. The molecule has 1 aliphatic carbocycles. The van der Waals surface area contributed by atoms with Gasteiger partial charge in [0.2, 0.25) is 21.8 Å². The smallest absolute Gasteiger partial charge is 0.243 e. The van der Waals surface area contributed by atoms with E-state index in [1.54, 1.807) is 18.2 Å². The number of hydrogen-bond donors (Lipinski definition) is 1. The molecule has 1 saturated carbocycles. The molecule has 0 aromatic heterocycles. The maximum absolute atomic E-state index is 13.1.